The van der Waals surface area contributed by atoms with Gasteiger partial charge < -0.3 is 10.6 Å². The van der Waals surface area contributed by atoms with Crippen molar-refractivity contribution in [1.82, 2.24) is 15.3 Å². The lowest BCUT2D eigenvalue weighted by Gasteiger charge is -2.12. The highest BCUT2D eigenvalue weighted by Gasteiger charge is 2.18. The van der Waals surface area contributed by atoms with E-state index in [9.17, 15) is 4.79 Å². The average molecular weight is 282 g/mol. The van der Waals surface area contributed by atoms with Gasteiger partial charge in [0.25, 0.3) is 5.91 Å². The summed E-state index contributed by atoms with van der Waals surface area (Å²) in [5, 5.41) is 6.19. The third-order valence-corrected chi connectivity index (χ3v) is 3.64. The molecule has 2 N–H and O–H groups in total. The van der Waals surface area contributed by atoms with Crippen LogP contribution in [0.1, 0.15) is 36.2 Å². The zero-order valence-corrected chi connectivity index (χ0v) is 11.7. The van der Waals surface area contributed by atoms with Crippen LogP contribution in [-0.2, 0) is 0 Å². The summed E-state index contributed by atoms with van der Waals surface area (Å²) in [5.74, 6) is 0.494. The fourth-order valence-corrected chi connectivity index (χ4v) is 2.55. The van der Waals surface area contributed by atoms with E-state index in [0.717, 1.165) is 18.5 Å². The molecule has 1 aromatic heterocycles. The molecule has 2 aromatic rings. The normalized spacial score (nSPS) is 14.9. The lowest BCUT2D eigenvalue weighted by atomic mass is 10.2. The SMILES string of the molecule is O=C(NC1CCCC1)c1cc(Nc2ccccc2)ncn1. The van der Waals surface area contributed by atoms with Gasteiger partial charge >= 0.3 is 0 Å². The standard InChI is InChI=1S/C16H18N4O/c21-16(20-13-8-4-5-9-13)14-10-15(18-11-17-14)19-12-6-2-1-3-7-12/h1-3,6-7,10-11,13H,4-5,8-9H2,(H,20,21)(H,17,18,19). The van der Waals surface area contributed by atoms with Crippen LogP contribution in [0.2, 0.25) is 0 Å². The van der Waals surface area contributed by atoms with E-state index in [4.69, 9.17) is 0 Å². The predicted octanol–water partition coefficient (Wildman–Crippen LogP) is 2.89. The molecular formula is C16H18N4O. The van der Waals surface area contributed by atoms with Crippen LogP contribution in [-0.4, -0.2) is 21.9 Å². The maximum atomic E-state index is 12.2. The van der Waals surface area contributed by atoms with E-state index in [-0.39, 0.29) is 11.9 Å². The summed E-state index contributed by atoms with van der Waals surface area (Å²) in [5.41, 5.74) is 1.33. The average Bonchev–Trinajstić information content (AvgIpc) is 3.01. The predicted molar refractivity (Wildman–Crippen MR) is 81.5 cm³/mol. The first kappa shape index (κ1) is 13.5. The number of amides is 1. The highest BCUT2D eigenvalue weighted by Crippen LogP contribution is 2.18. The number of nitrogens with one attached hydrogen (secondary N) is 2. The minimum atomic E-state index is -0.125. The molecule has 1 aromatic carbocycles. The zero-order chi connectivity index (χ0) is 14.5. The molecule has 108 valence electrons. The number of hydrogen-bond acceptors (Lipinski definition) is 4. The Morgan fingerprint density at radius 2 is 1.86 bits per heavy atom. The number of hydrogen-bond donors (Lipinski definition) is 2. The highest BCUT2D eigenvalue weighted by atomic mass is 16.1. The molecule has 0 saturated heterocycles. The van der Waals surface area contributed by atoms with Crippen LogP contribution in [0.4, 0.5) is 11.5 Å². The van der Waals surface area contributed by atoms with Crippen molar-refractivity contribution in [3.63, 3.8) is 0 Å². The first-order valence-corrected chi connectivity index (χ1v) is 7.26. The van der Waals surface area contributed by atoms with Gasteiger partial charge in [0.1, 0.15) is 17.8 Å². The Hall–Kier alpha value is -2.43. The van der Waals surface area contributed by atoms with Crippen LogP contribution in [0.5, 0.6) is 0 Å². The van der Waals surface area contributed by atoms with Crippen LogP contribution < -0.4 is 10.6 Å². The third kappa shape index (κ3) is 3.56. The molecule has 1 aliphatic rings. The summed E-state index contributed by atoms with van der Waals surface area (Å²) in [4.78, 5) is 20.4. The van der Waals surface area contributed by atoms with E-state index in [2.05, 4.69) is 20.6 Å². The molecule has 5 nitrogen and oxygen atoms in total. The van der Waals surface area contributed by atoms with E-state index in [1.165, 1.54) is 19.2 Å². The largest absolute Gasteiger partial charge is 0.348 e. The monoisotopic (exact) mass is 282 g/mol. The molecule has 1 saturated carbocycles. The number of benzene rings is 1. The molecule has 3 rings (SSSR count). The van der Waals surface area contributed by atoms with E-state index >= 15 is 0 Å². The van der Waals surface area contributed by atoms with E-state index in [1.54, 1.807) is 6.07 Å². The van der Waals surface area contributed by atoms with Gasteiger partial charge in [-0.1, -0.05) is 31.0 Å². The number of rotatable bonds is 4. The zero-order valence-electron chi connectivity index (χ0n) is 11.7. The molecule has 0 radical (unpaired) electrons. The van der Waals surface area contributed by atoms with E-state index < -0.39 is 0 Å². The minimum absolute atomic E-state index is 0.125. The topological polar surface area (TPSA) is 66.9 Å². The maximum absolute atomic E-state index is 12.2. The Balaban J connectivity index is 1.69. The second kappa shape index (κ2) is 6.35. The van der Waals surface area contributed by atoms with Crippen LogP contribution in [0.25, 0.3) is 0 Å². The summed E-state index contributed by atoms with van der Waals surface area (Å²) < 4.78 is 0. The molecule has 1 heterocycles. The van der Waals surface area contributed by atoms with Gasteiger partial charge in [-0.2, -0.15) is 0 Å². The maximum Gasteiger partial charge on any atom is 0.270 e. The Labute approximate surface area is 123 Å². The van der Waals surface area contributed by atoms with Gasteiger partial charge in [0, 0.05) is 17.8 Å². The first-order valence-electron chi connectivity index (χ1n) is 7.26. The Morgan fingerprint density at radius 3 is 2.62 bits per heavy atom. The molecule has 1 aliphatic carbocycles. The van der Waals surface area contributed by atoms with Gasteiger partial charge in [-0.15, -0.1) is 0 Å². The number of nitrogens with zero attached hydrogens (tertiary/aromatic N) is 2. The van der Waals surface area contributed by atoms with Gasteiger partial charge in [-0.05, 0) is 25.0 Å². The van der Waals surface area contributed by atoms with E-state index in [0.29, 0.717) is 11.5 Å². The molecule has 0 unspecified atom stereocenters. The van der Waals surface area contributed by atoms with Gasteiger partial charge in [-0.25, -0.2) is 9.97 Å². The van der Waals surface area contributed by atoms with Gasteiger partial charge in [-0.3, -0.25) is 4.79 Å². The van der Waals surface area contributed by atoms with Crippen molar-refractivity contribution in [3.05, 3.63) is 48.4 Å². The summed E-state index contributed by atoms with van der Waals surface area (Å²) in [6.45, 7) is 0. The molecule has 0 spiro atoms. The number of carbonyl (C=O) groups is 1. The van der Waals surface area contributed by atoms with Crippen molar-refractivity contribution in [1.29, 1.82) is 0 Å². The van der Waals surface area contributed by atoms with Crippen molar-refractivity contribution in [2.45, 2.75) is 31.7 Å². The van der Waals surface area contributed by atoms with E-state index in [1.807, 2.05) is 30.3 Å². The molecule has 1 fully saturated rings. The molecule has 1 amide bonds. The van der Waals surface area contributed by atoms with Crippen LogP contribution in [0.3, 0.4) is 0 Å². The number of aromatic nitrogens is 2. The van der Waals surface area contributed by atoms with Crippen molar-refractivity contribution >= 4 is 17.4 Å². The number of para-hydroxylation sites is 1. The Kier molecular flexibility index (Phi) is 4.09. The Bertz CT molecular complexity index is 609. The van der Waals surface area contributed by atoms with Crippen LogP contribution in [0, 0.1) is 0 Å². The van der Waals surface area contributed by atoms with Crippen molar-refractivity contribution < 1.29 is 4.79 Å². The fourth-order valence-electron chi connectivity index (χ4n) is 2.55. The first-order chi connectivity index (χ1) is 10.3. The highest BCUT2D eigenvalue weighted by molar-refractivity contribution is 5.93. The fraction of sp³-hybridized carbons (Fsp3) is 0.312. The molecule has 5 heteroatoms. The molecule has 21 heavy (non-hydrogen) atoms. The van der Waals surface area contributed by atoms with Gasteiger partial charge in [0.15, 0.2) is 0 Å². The van der Waals surface area contributed by atoms with Crippen LogP contribution >= 0.6 is 0 Å². The second-order valence-corrected chi connectivity index (χ2v) is 5.23. The number of anilines is 2. The smallest absolute Gasteiger partial charge is 0.270 e. The third-order valence-electron chi connectivity index (χ3n) is 3.64. The van der Waals surface area contributed by atoms with Gasteiger partial charge in [0.2, 0.25) is 0 Å². The van der Waals surface area contributed by atoms with Crippen molar-refractivity contribution in [3.8, 4) is 0 Å². The lowest BCUT2D eigenvalue weighted by molar-refractivity contribution is 0.0932. The molecule has 0 aliphatic heterocycles. The molecular weight excluding hydrogens is 264 g/mol. The lowest BCUT2D eigenvalue weighted by Crippen LogP contribution is -2.33. The second-order valence-electron chi connectivity index (χ2n) is 5.23. The summed E-state index contributed by atoms with van der Waals surface area (Å²) in [6, 6.07) is 11.7. The minimum Gasteiger partial charge on any atom is -0.348 e. The number of carbonyl (C=O) groups excluding carboxylic acids is 1. The summed E-state index contributed by atoms with van der Waals surface area (Å²) in [7, 11) is 0. The summed E-state index contributed by atoms with van der Waals surface area (Å²) in [6.07, 6.45) is 5.91. The van der Waals surface area contributed by atoms with Crippen LogP contribution in [0.15, 0.2) is 42.7 Å². The van der Waals surface area contributed by atoms with Gasteiger partial charge in [0.05, 0.1) is 0 Å². The quantitative estimate of drug-likeness (QED) is 0.905. The van der Waals surface area contributed by atoms with Crippen molar-refractivity contribution in [2.75, 3.05) is 5.32 Å². The molecule has 0 bridgehead atoms. The van der Waals surface area contributed by atoms with Crippen molar-refractivity contribution in [2.24, 2.45) is 0 Å². The molecule has 0 atom stereocenters. The summed E-state index contributed by atoms with van der Waals surface area (Å²) >= 11 is 0. The Morgan fingerprint density at radius 1 is 1.10 bits per heavy atom.